The van der Waals surface area contributed by atoms with Gasteiger partial charge in [0.15, 0.2) is 0 Å². The molecule has 0 amide bonds. The van der Waals surface area contributed by atoms with Crippen LogP contribution in [-0.2, 0) is 0 Å². The molecule has 2 aromatic carbocycles. The lowest BCUT2D eigenvalue weighted by molar-refractivity contribution is 1.42. The smallest absolute Gasteiger partial charge is 0.122 e. The average Bonchev–Trinajstić information content (AvgIpc) is 2.90. The van der Waals surface area contributed by atoms with Gasteiger partial charge in [-0.05, 0) is 11.6 Å². The molecule has 3 aromatic rings. The Labute approximate surface area is 121 Å². The maximum atomic E-state index is 7.48. The van der Waals surface area contributed by atoms with Gasteiger partial charge >= 0.3 is 0 Å². The maximum Gasteiger partial charge on any atom is 0.122 e. The number of aromatic nitrogens is 1. The molecule has 1 aromatic heterocycles. The van der Waals surface area contributed by atoms with Gasteiger partial charge in [0.2, 0.25) is 0 Å². The highest BCUT2D eigenvalue weighted by molar-refractivity contribution is 6.02. The number of hydrogen-bond acceptors (Lipinski definition) is 2. The van der Waals surface area contributed by atoms with E-state index < -0.39 is 0 Å². The molecule has 1 heterocycles. The zero-order valence-corrected chi connectivity index (χ0v) is 11.3. The average molecular weight is 277 g/mol. The lowest BCUT2D eigenvalue weighted by Crippen LogP contribution is -2.10. The van der Waals surface area contributed by atoms with Gasteiger partial charge in [0.25, 0.3) is 0 Å². The Kier molecular flexibility index (Phi) is 2.95. The van der Waals surface area contributed by atoms with Crippen molar-refractivity contribution >= 4 is 22.6 Å². The first-order chi connectivity index (χ1) is 10.1. The van der Waals surface area contributed by atoms with E-state index in [-0.39, 0.29) is 11.7 Å². The molecule has 104 valence electrons. The number of benzene rings is 2. The topological polar surface area (TPSA) is 116 Å². The third-order valence-corrected chi connectivity index (χ3v) is 3.50. The molecule has 0 radical (unpaired) electrons. The van der Waals surface area contributed by atoms with Gasteiger partial charge in [0, 0.05) is 33.8 Å². The van der Waals surface area contributed by atoms with Crippen LogP contribution in [0.3, 0.4) is 0 Å². The van der Waals surface area contributed by atoms with Gasteiger partial charge in [0.1, 0.15) is 11.7 Å². The second kappa shape index (κ2) is 4.79. The van der Waals surface area contributed by atoms with Gasteiger partial charge in [-0.15, -0.1) is 0 Å². The number of nitrogens with one attached hydrogen (secondary N) is 3. The number of rotatable bonds is 3. The molecule has 0 atom stereocenters. The highest BCUT2D eigenvalue weighted by Crippen LogP contribution is 2.29. The van der Waals surface area contributed by atoms with E-state index >= 15 is 0 Å². The number of hydrogen-bond donors (Lipinski definition) is 5. The minimum atomic E-state index is 0.0545. The first-order valence-corrected chi connectivity index (χ1v) is 6.46. The van der Waals surface area contributed by atoms with E-state index in [0.29, 0.717) is 11.1 Å². The summed E-state index contributed by atoms with van der Waals surface area (Å²) in [6, 6.07) is 13.2. The first kappa shape index (κ1) is 12.9. The summed E-state index contributed by atoms with van der Waals surface area (Å²) in [7, 11) is 0. The molecule has 0 aliphatic carbocycles. The largest absolute Gasteiger partial charge is 0.384 e. The molecule has 0 unspecified atom stereocenters. The van der Waals surface area contributed by atoms with E-state index in [1.807, 2.05) is 48.7 Å². The van der Waals surface area contributed by atoms with Crippen molar-refractivity contribution in [3.8, 4) is 11.1 Å². The molecule has 0 spiro atoms. The fourth-order valence-corrected chi connectivity index (χ4v) is 2.36. The molecule has 0 fully saturated rings. The molecule has 5 heteroatoms. The Balaban J connectivity index is 2.08. The van der Waals surface area contributed by atoms with Crippen LogP contribution in [0, 0.1) is 10.8 Å². The van der Waals surface area contributed by atoms with Crippen LogP contribution >= 0.6 is 0 Å². The molecule has 21 heavy (non-hydrogen) atoms. The van der Waals surface area contributed by atoms with Crippen LogP contribution in [0.1, 0.15) is 11.1 Å². The Morgan fingerprint density at radius 2 is 1.48 bits per heavy atom. The molecule has 0 saturated carbocycles. The maximum absolute atomic E-state index is 7.48. The van der Waals surface area contributed by atoms with Crippen LogP contribution in [0.2, 0.25) is 0 Å². The van der Waals surface area contributed by atoms with Gasteiger partial charge in [-0.3, -0.25) is 10.8 Å². The minimum Gasteiger partial charge on any atom is -0.384 e. The molecular formula is C16H15N5. The Morgan fingerprint density at radius 1 is 0.857 bits per heavy atom. The van der Waals surface area contributed by atoms with Crippen molar-refractivity contribution in [3.05, 3.63) is 59.8 Å². The fraction of sp³-hybridized carbons (Fsp3) is 0. The van der Waals surface area contributed by atoms with E-state index in [1.165, 1.54) is 0 Å². The summed E-state index contributed by atoms with van der Waals surface area (Å²) < 4.78 is 0. The zero-order chi connectivity index (χ0) is 15.0. The SMILES string of the molecule is N=C(N)c1ccc(-c2c[nH]c3cc(C(=N)N)ccc23)cc1. The van der Waals surface area contributed by atoms with Crippen molar-refractivity contribution in [1.82, 2.24) is 4.98 Å². The summed E-state index contributed by atoms with van der Waals surface area (Å²) in [5.41, 5.74) is 15.4. The van der Waals surface area contributed by atoms with Gasteiger partial charge in [-0.1, -0.05) is 36.4 Å². The van der Waals surface area contributed by atoms with Crippen molar-refractivity contribution in [1.29, 1.82) is 10.8 Å². The van der Waals surface area contributed by atoms with Gasteiger partial charge in [-0.2, -0.15) is 0 Å². The fourth-order valence-electron chi connectivity index (χ4n) is 2.36. The highest BCUT2D eigenvalue weighted by atomic mass is 14.7. The van der Waals surface area contributed by atoms with Crippen molar-refractivity contribution < 1.29 is 0 Å². The Hall–Kier alpha value is -3.08. The molecular weight excluding hydrogens is 262 g/mol. The third-order valence-electron chi connectivity index (χ3n) is 3.50. The molecule has 0 aliphatic rings. The highest BCUT2D eigenvalue weighted by Gasteiger charge is 2.08. The minimum absolute atomic E-state index is 0.0545. The number of fused-ring (bicyclic) bond motifs is 1. The quantitative estimate of drug-likeness (QED) is 0.373. The van der Waals surface area contributed by atoms with E-state index in [1.54, 1.807) is 0 Å². The predicted molar refractivity (Wildman–Crippen MR) is 85.8 cm³/mol. The van der Waals surface area contributed by atoms with E-state index in [0.717, 1.165) is 22.0 Å². The molecule has 3 rings (SSSR count). The Bertz CT molecular complexity index is 843. The first-order valence-electron chi connectivity index (χ1n) is 6.46. The third kappa shape index (κ3) is 2.25. The van der Waals surface area contributed by atoms with Crippen LogP contribution in [0.15, 0.2) is 48.7 Å². The second-order valence-corrected chi connectivity index (χ2v) is 4.87. The zero-order valence-electron chi connectivity index (χ0n) is 11.3. The van der Waals surface area contributed by atoms with E-state index in [2.05, 4.69) is 4.98 Å². The molecule has 7 N–H and O–H groups in total. The van der Waals surface area contributed by atoms with Crippen LogP contribution in [-0.4, -0.2) is 16.7 Å². The molecule has 0 bridgehead atoms. The summed E-state index contributed by atoms with van der Waals surface area (Å²) in [6.07, 6.45) is 1.93. The van der Waals surface area contributed by atoms with E-state index in [9.17, 15) is 0 Å². The molecule has 0 saturated heterocycles. The lowest BCUT2D eigenvalue weighted by Gasteiger charge is -2.03. The summed E-state index contributed by atoms with van der Waals surface area (Å²) in [5.74, 6) is 0.116. The number of nitrogen functional groups attached to an aromatic ring is 2. The summed E-state index contributed by atoms with van der Waals surface area (Å²) in [5, 5.41) is 16.0. The van der Waals surface area contributed by atoms with Crippen molar-refractivity contribution in [3.63, 3.8) is 0 Å². The number of aromatic amines is 1. The molecule has 5 nitrogen and oxygen atoms in total. The summed E-state index contributed by atoms with van der Waals surface area (Å²) in [4.78, 5) is 3.20. The second-order valence-electron chi connectivity index (χ2n) is 4.87. The van der Waals surface area contributed by atoms with Gasteiger partial charge in [-0.25, -0.2) is 0 Å². The van der Waals surface area contributed by atoms with Crippen LogP contribution in [0.5, 0.6) is 0 Å². The van der Waals surface area contributed by atoms with Crippen LogP contribution in [0.4, 0.5) is 0 Å². The van der Waals surface area contributed by atoms with Crippen molar-refractivity contribution in [2.24, 2.45) is 11.5 Å². The standard InChI is InChI=1S/C16H15N5/c17-15(18)10-3-1-9(2-4-10)13-8-21-14-7-11(16(19)20)5-6-12(13)14/h1-8,21H,(H3,17,18)(H3,19,20). The van der Waals surface area contributed by atoms with Crippen molar-refractivity contribution in [2.75, 3.05) is 0 Å². The van der Waals surface area contributed by atoms with Crippen molar-refractivity contribution in [2.45, 2.75) is 0 Å². The lowest BCUT2D eigenvalue weighted by atomic mass is 10.0. The number of H-pyrrole nitrogens is 1. The van der Waals surface area contributed by atoms with Crippen LogP contribution < -0.4 is 11.5 Å². The monoisotopic (exact) mass is 277 g/mol. The van der Waals surface area contributed by atoms with Crippen LogP contribution in [0.25, 0.3) is 22.0 Å². The van der Waals surface area contributed by atoms with Gasteiger partial charge in [0.05, 0.1) is 0 Å². The summed E-state index contributed by atoms with van der Waals surface area (Å²) >= 11 is 0. The van der Waals surface area contributed by atoms with E-state index in [4.69, 9.17) is 22.3 Å². The summed E-state index contributed by atoms with van der Waals surface area (Å²) in [6.45, 7) is 0. The number of amidine groups is 2. The predicted octanol–water partition coefficient (Wildman–Crippen LogP) is 2.40. The molecule has 0 aliphatic heterocycles. The Morgan fingerprint density at radius 3 is 2.10 bits per heavy atom. The number of nitrogens with two attached hydrogens (primary N) is 2. The normalized spacial score (nSPS) is 10.7. The van der Waals surface area contributed by atoms with Gasteiger partial charge < -0.3 is 16.5 Å².